The van der Waals surface area contributed by atoms with Crippen molar-refractivity contribution in [1.82, 2.24) is 0 Å². The fraction of sp³-hybridized carbons (Fsp3) is 1.00. The zero-order valence-electron chi connectivity index (χ0n) is 7.65. The Bertz CT molecular complexity index is 77.2. The summed E-state index contributed by atoms with van der Waals surface area (Å²) in [5.74, 6) is 1.03. The summed E-state index contributed by atoms with van der Waals surface area (Å²) in [6.45, 7) is 7.03. The molecule has 1 heteroatoms. The summed E-state index contributed by atoms with van der Waals surface area (Å²) >= 11 is 0. The number of aliphatic hydroxyl groups is 1. The lowest BCUT2D eigenvalue weighted by Crippen LogP contribution is -2.26. The van der Waals surface area contributed by atoms with Crippen molar-refractivity contribution in [2.45, 2.75) is 40.0 Å². The van der Waals surface area contributed by atoms with Crippen LogP contribution >= 0.6 is 0 Å². The molecule has 1 rings (SSSR count). The summed E-state index contributed by atoms with van der Waals surface area (Å²) in [7, 11) is 1.00. The van der Waals surface area contributed by atoms with Gasteiger partial charge in [-0.1, -0.05) is 27.2 Å². The molecule has 0 aromatic carbocycles. The van der Waals surface area contributed by atoms with Gasteiger partial charge in [-0.3, -0.25) is 0 Å². The highest BCUT2D eigenvalue weighted by Gasteiger charge is 2.29. The summed E-state index contributed by atoms with van der Waals surface area (Å²) in [4.78, 5) is 0. The van der Waals surface area contributed by atoms with Gasteiger partial charge in [0.15, 0.2) is 0 Å². The van der Waals surface area contributed by atoms with E-state index in [9.17, 15) is 0 Å². The van der Waals surface area contributed by atoms with E-state index in [1.165, 1.54) is 19.3 Å². The fourth-order valence-corrected chi connectivity index (χ4v) is 1.27. The fourth-order valence-electron chi connectivity index (χ4n) is 1.27. The first-order chi connectivity index (χ1) is 4.61. The van der Waals surface area contributed by atoms with Crippen molar-refractivity contribution in [3.05, 3.63) is 0 Å². The molecule has 0 unspecified atom stereocenters. The molecule has 1 N–H and O–H groups in total. The van der Waals surface area contributed by atoms with Crippen LogP contribution in [0, 0.1) is 11.3 Å². The normalized spacial score (nSPS) is 18.9. The standard InChI is InChI=1S/C8H16.CH4O/c1-8(2,3)7-5-4-6-7;1-2/h7H,4-6H2,1-3H3;2H,1H3. The molecule has 0 amide bonds. The third-order valence-corrected chi connectivity index (χ3v) is 2.33. The first-order valence-corrected chi connectivity index (χ1v) is 4.05. The number of rotatable bonds is 0. The Balaban J connectivity index is 0.000000371. The van der Waals surface area contributed by atoms with Gasteiger partial charge in [-0.25, -0.2) is 0 Å². The van der Waals surface area contributed by atoms with Crippen molar-refractivity contribution < 1.29 is 5.11 Å². The lowest BCUT2D eigenvalue weighted by atomic mass is 9.69. The lowest BCUT2D eigenvalue weighted by Gasteiger charge is -2.37. The third kappa shape index (κ3) is 2.70. The van der Waals surface area contributed by atoms with Crippen LogP contribution in [0.3, 0.4) is 0 Å². The maximum absolute atomic E-state index is 7.00. The molecule has 62 valence electrons. The van der Waals surface area contributed by atoms with Gasteiger partial charge in [-0.15, -0.1) is 0 Å². The molecule has 0 atom stereocenters. The predicted octanol–water partition coefficient (Wildman–Crippen LogP) is 2.44. The van der Waals surface area contributed by atoms with Crippen LogP contribution in [0.2, 0.25) is 0 Å². The van der Waals surface area contributed by atoms with Gasteiger partial charge in [0.05, 0.1) is 0 Å². The SMILES string of the molecule is CC(C)(C)C1CCC1.CO. The predicted molar refractivity (Wildman–Crippen MR) is 44.9 cm³/mol. The van der Waals surface area contributed by atoms with Gasteiger partial charge in [0, 0.05) is 7.11 Å². The number of aliphatic hydroxyl groups excluding tert-OH is 1. The van der Waals surface area contributed by atoms with Crippen LogP contribution in [0.4, 0.5) is 0 Å². The first kappa shape index (κ1) is 9.96. The smallest absolute Gasteiger partial charge is 0.0319 e. The van der Waals surface area contributed by atoms with E-state index in [1.54, 1.807) is 0 Å². The Morgan fingerprint density at radius 1 is 1.10 bits per heavy atom. The van der Waals surface area contributed by atoms with Crippen LogP contribution in [0.25, 0.3) is 0 Å². The number of hydrogen-bond acceptors (Lipinski definition) is 1. The van der Waals surface area contributed by atoms with Gasteiger partial charge < -0.3 is 5.11 Å². The Labute approximate surface area is 64.5 Å². The van der Waals surface area contributed by atoms with Gasteiger partial charge in [-0.05, 0) is 24.2 Å². The minimum atomic E-state index is 0.595. The first-order valence-electron chi connectivity index (χ1n) is 4.05. The summed E-state index contributed by atoms with van der Waals surface area (Å²) in [5.41, 5.74) is 0.595. The summed E-state index contributed by atoms with van der Waals surface area (Å²) in [6, 6.07) is 0. The maximum Gasteiger partial charge on any atom is 0.0319 e. The van der Waals surface area contributed by atoms with Crippen molar-refractivity contribution >= 4 is 0 Å². The van der Waals surface area contributed by atoms with Gasteiger partial charge in [0.2, 0.25) is 0 Å². The minimum Gasteiger partial charge on any atom is -0.400 e. The Morgan fingerprint density at radius 3 is 1.50 bits per heavy atom. The average Bonchev–Trinajstić information content (AvgIpc) is 1.61. The van der Waals surface area contributed by atoms with Crippen molar-refractivity contribution in [2.75, 3.05) is 7.11 Å². The highest BCUT2D eigenvalue weighted by Crippen LogP contribution is 2.40. The number of hydrogen-bond donors (Lipinski definition) is 1. The van der Waals surface area contributed by atoms with Gasteiger partial charge >= 0.3 is 0 Å². The Morgan fingerprint density at radius 2 is 1.50 bits per heavy atom. The molecule has 0 spiro atoms. The molecule has 10 heavy (non-hydrogen) atoms. The zero-order chi connectivity index (χ0) is 8.20. The van der Waals surface area contributed by atoms with Crippen LogP contribution in [-0.2, 0) is 0 Å². The van der Waals surface area contributed by atoms with Crippen LogP contribution < -0.4 is 0 Å². The quantitative estimate of drug-likeness (QED) is 0.553. The van der Waals surface area contributed by atoms with Crippen LogP contribution in [0.15, 0.2) is 0 Å². The van der Waals surface area contributed by atoms with Crippen molar-refractivity contribution in [1.29, 1.82) is 0 Å². The maximum atomic E-state index is 7.00. The van der Waals surface area contributed by atoms with Gasteiger partial charge in [-0.2, -0.15) is 0 Å². The van der Waals surface area contributed by atoms with E-state index in [0.29, 0.717) is 5.41 Å². The van der Waals surface area contributed by atoms with Crippen LogP contribution in [0.1, 0.15) is 40.0 Å². The topological polar surface area (TPSA) is 20.2 Å². The summed E-state index contributed by atoms with van der Waals surface area (Å²) < 4.78 is 0. The largest absolute Gasteiger partial charge is 0.400 e. The molecule has 0 heterocycles. The van der Waals surface area contributed by atoms with Crippen molar-refractivity contribution in [2.24, 2.45) is 11.3 Å². The highest BCUT2D eigenvalue weighted by molar-refractivity contribution is 4.80. The van der Waals surface area contributed by atoms with E-state index < -0.39 is 0 Å². The second-order valence-corrected chi connectivity index (χ2v) is 3.99. The van der Waals surface area contributed by atoms with E-state index in [2.05, 4.69) is 20.8 Å². The molecular weight excluding hydrogens is 124 g/mol. The minimum absolute atomic E-state index is 0.595. The highest BCUT2D eigenvalue weighted by atomic mass is 16.2. The van der Waals surface area contributed by atoms with Gasteiger partial charge in [0.1, 0.15) is 0 Å². The van der Waals surface area contributed by atoms with Crippen LogP contribution in [-0.4, -0.2) is 12.2 Å². The average molecular weight is 144 g/mol. The van der Waals surface area contributed by atoms with Gasteiger partial charge in [0.25, 0.3) is 0 Å². The van der Waals surface area contributed by atoms with E-state index in [-0.39, 0.29) is 0 Å². The second-order valence-electron chi connectivity index (χ2n) is 3.99. The molecule has 0 aromatic rings. The third-order valence-electron chi connectivity index (χ3n) is 2.33. The summed E-state index contributed by atoms with van der Waals surface area (Å²) in [5, 5.41) is 7.00. The molecule has 1 aliphatic carbocycles. The molecular formula is C9H20O. The van der Waals surface area contributed by atoms with E-state index in [0.717, 1.165) is 13.0 Å². The summed E-state index contributed by atoms with van der Waals surface area (Å²) in [6.07, 6.45) is 4.43. The molecule has 0 aliphatic heterocycles. The van der Waals surface area contributed by atoms with Crippen molar-refractivity contribution in [3.8, 4) is 0 Å². The lowest BCUT2D eigenvalue weighted by molar-refractivity contribution is 0.141. The Hall–Kier alpha value is -0.0400. The molecule has 0 saturated heterocycles. The Kier molecular flexibility index (Phi) is 3.95. The molecule has 0 bridgehead atoms. The second kappa shape index (κ2) is 3.97. The molecule has 1 nitrogen and oxygen atoms in total. The van der Waals surface area contributed by atoms with E-state index in [1.807, 2.05) is 0 Å². The van der Waals surface area contributed by atoms with E-state index >= 15 is 0 Å². The zero-order valence-corrected chi connectivity index (χ0v) is 7.65. The monoisotopic (exact) mass is 144 g/mol. The van der Waals surface area contributed by atoms with E-state index in [4.69, 9.17) is 5.11 Å². The molecule has 1 aliphatic rings. The van der Waals surface area contributed by atoms with Crippen LogP contribution in [0.5, 0.6) is 0 Å². The molecule has 1 fully saturated rings. The molecule has 0 radical (unpaired) electrons. The molecule has 0 aromatic heterocycles. The molecule has 1 saturated carbocycles. The van der Waals surface area contributed by atoms with Crippen molar-refractivity contribution in [3.63, 3.8) is 0 Å².